The van der Waals surface area contributed by atoms with E-state index in [2.05, 4.69) is 0 Å². The minimum atomic E-state index is -0.997. The average Bonchev–Trinajstić information content (AvgIpc) is 2.41. The molecular weight excluding hydrogens is 302 g/mol. The van der Waals surface area contributed by atoms with Crippen LogP contribution in [0.5, 0.6) is 0 Å². The Morgan fingerprint density at radius 1 is 1.15 bits per heavy atom. The Labute approximate surface area is 123 Å². The highest BCUT2D eigenvalue weighted by Gasteiger charge is 2.13. The van der Waals surface area contributed by atoms with Gasteiger partial charge in [0, 0.05) is 15.9 Å². The van der Waals surface area contributed by atoms with E-state index in [4.69, 9.17) is 16.7 Å². The van der Waals surface area contributed by atoms with Crippen LogP contribution in [0.25, 0.3) is 0 Å². The van der Waals surface area contributed by atoms with Gasteiger partial charge in [0.1, 0.15) is 5.02 Å². The van der Waals surface area contributed by atoms with Crippen molar-refractivity contribution in [3.63, 3.8) is 0 Å². The molecule has 0 heterocycles. The predicted molar refractivity (Wildman–Crippen MR) is 75.6 cm³/mol. The van der Waals surface area contributed by atoms with Gasteiger partial charge in [-0.1, -0.05) is 23.4 Å². The Morgan fingerprint density at radius 2 is 1.75 bits per heavy atom. The summed E-state index contributed by atoms with van der Waals surface area (Å²) < 4.78 is 0. The molecule has 0 aliphatic carbocycles. The first-order valence-electron chi connectivity index (χ1n) is 5.42. The van der Waals surface area contributed by atoms with Gasteiger partial charge in [-0.05, 0) is 36.4 Å². The average molecular weight is 310 g/mol. The molecular formula is C13H8ClNO4S. The summed E-state index contributed by atoms with van der Waals surface area (Å²) in [5.74, 6) is -0.997. The fraction of sp³-hybridized carbons (Fsp3) is 0. The molecule has 0 amide bonds. The lowest BCUT2D eigenvalue weighted by Crippen LogP contribution is -1.94. The Kier molecular flexibility index (Phi) is 4.26. The summed E-state index contributed by atoms with van der Waals surface area (Å²) in [6.45, 7) is 0. The molecule has 2 rings (SSSR count). The van der Waals surface area contributed by atoms with Crippen LogP contribution in [-0.4, -0.2) is 16.0 Å². The fourth-order valence-corrected chi connectivity index (χ4v) is 2.54. The molecule has 2 aromatic rings. The van der Waals surface area contributed by atoms with Crippen LogP contribution in [-0.2, 0) is 0 Å². The van der Waals surface area contributed by atoms with Crippen molar-refractivity contribution in [2.75, 3.05) is 0 Å². The van der Waals surface area contributed by atoms with Gasteiger partial charge >= 0.3 is 5.97 Å². The smallest absolute Gasteiger partial charge is 0.335 e. The van der Waals surface area contributed by atoms with Crippen LogP contribution >= 0.6 is 23.4 Å². The molecule has 5 nitrogen and oxygen atoms in total. The van der Waals surface area contributed by atoms with Gasteiger partial charge in [-0.25, -0.2) is 4.79 Å². The van der Waals surface area contributed by atoms with E-state index in [1.165, 1.54) is 36.0 Å². The number of aromatic carboxylic acids is 1. The molecule has 0 saturated heterocycles. The molecule has 102 valence electrons. The quantitative estimate of drug-likeness (QED) is 0.679. The summed E-state index contributed by atoms with van der Waals surface area (Å²) in [5.41, 5.74) is 0.0373. The summed E-state index contributed by atoms with van der Waals surface area (Å²) in [4.78, 5) is 22.4. The fourth-order valence-electron chi connectivity index (χ4n) is 1.50. The van der Waals surface area contributed by atoms with Gasteiger partial charge in [-0.3, -0.25) is 10.1 Å². The molecule has 0 unspecified atom stereocenters. The monoisotopic (exact) mass is 309 g/mol. The predicted octanol–water partition coefficient (Wildman–Crippen LogP) is 4.10. The second kappa shape index (κ2) is 5.94. The second-order valence-electron chi connectivity index (χ2n) is 3.80. The molecule has 0 bridgehead atoms. The second-order valence-corrected chi connectivity index (χ2v) is 5.36. The number of nitro groups is 1. The molecule has 0 aliphatic rings. The molecule has 0 fully saturated rings. The first-order valence-corrected chi connectivity index (χ1v) is 6.62. The number of carbonyl (C=O) groups is 1. The number of hydrogen-bond donors (Lipinski definition) is 1. The maximum Gasteiger partial charge on any atom is 0.335 e. The molecule has 7 heteroatoms. The number of rotatable bonds is 4. The lowest BCUT2D eigenvalue weighted by molar-refractivity contribution is -0.384. The van der Waals surface area contributed by atoms with E-state index in [0.717, 1.165) is 4.90 Å². The Balaban J connectivity index is 2.23. The van der Waals surface area contributed by atoms with Gasteiger partial charge in [-0.2, -0.15) is 0 Å². The van der Waals surface area contributed by atoms with E-state index >= 15 is 0 Å². The molecule has 1 N–H and O–H groups in total. The van der Waals surface area contributed by atoms with Gasteiger partial charge < -0.3 is 5.11 Å². The van der Waals surface area contributed by atoms with Gasteiger partial charge in [0.15, 0.2) is 0 Å². The van der Waals surface area contributed by atoms with Crippen LogP contribution in [0.3, 0.4) is 0 Å². The van der Waals surface area contributed by atoms with Crippen molar-refractivity contribution in [2.45, 2.75) is 9.79 Å². The van der Waals surface area contributed by atoms with Crippen LogP contribution in [0, 0.1) is 10.1 Å². The molecule has 0 spiro atoms. The zero-order valence-corrected chi connectivity index (χ0v) is 11.5. The summed E-state index contributed by atoms with van der Waals surface area (Å²) >= 11 is 7.03. The van der Waals surface area contributed by atoms with Crippen molar-refractivity contribution in [3.8, 4) is 0 Å². The standard InChI is InChI=1S/C13H8ClNO4S/c14-11-6-5-10(7-12(11)15(18)19)20-9-3-1-8(2-4-9)13(16)17/h1-7H,(H,16,17). The van der Waals surface area contributed by atoms with Crippen molar-refractivity contribution in [1.29, 1.82) is 0 Å². The number of benzene rings is 2. The van der Waals surface area contributed by atoms with Gasteiger partial charge in [0.2, 0.25) is 0 Å². The van der Waals surface area contributed by atoms with Crippen molar-refractivity contribution in [1.82, 2.24) is 0 Å². The topological polar surface area (TPSA) is 80.4 Å². The molecule has 20 heavy (non-hydrogen) atoms. The zero-order valence-electron chi connectivity index (χ0n) is 9.95. The molecule has 0 aromatic heterocycles. The third-order valence-corrected chi connectivity index (χ3v) is 3.77. The highest BCUT2D eigenvalue weighted by Crippen LogP contribution is 2.33. The molecule has 2 aromatic carbocycles. The van der Waals surface area contributed by atoms with E-state index in [1.807, 2.05) is 0 Å². The van der Waals surface area contributed by atoms with E-state index in [0.29, 0.717) is 4.90 Å². The highest BCUT2D eigenvalue weighted by molar-refractivity contribution is 7.99. The maximum absolute atomic E-state index is 10.8. The molecule has 0 aliphatic heterocycles. The van der Waals surface area contributed by atoms with Gasteiger partial charge in [0.05, 0.1) is 10.5 Å². The Hall–Kier alpha value is -2.05. The van der Waals surface area contributed by atoms with Crippen LogP contribution in [0.4, 0.5) is 5.69 Å². The first-order chi connectivity index (χ1) is 9.47. The van der Waals surface area contributed by atoms with Crippen molar-refractivity contribution in [3.05, 3.63) is 63.2 Å². The van der Waals surface area contributed by atoms with E-state index in [9.17, 15) is 14.9 Å². The molecule has 0 radical (unpaired) electrons. The zero-order chi connectivity index (χ0) is 14.7. The number of halogens is 1. The number of carboxylic acid groups (broad SMARTS) is 1. The van der Waals surface area contributed by atoms with Crippen LogP contribution < -0.4 is 0 Å². The minimum Gasteiger partial charge on any atom is -0.478 e. The minimum absolute atomic E-state index is 0.0839. The van der Waals surface area contributed by atoms with E-state index < -0.39 is 10.9 Å². The maximum atomic E-state index is 10.8. The summed E-state index contributed by atoms with van der Waals surface area (Å²) in [6.07, 6.45) is 0. The van der Waals surface area contributed by atoms with Crippen LogP contribution in [0.1, 0.15) is 10.4 Å². The number of nitro benzene ring substituents is 1. The van der Waals surface area contributed by atoms with Gasteiger partial charge in [-0.15, -0.1) is 0 Å². The SMILES string of the molecule is O=C(O)c1ccc(Sc2ccc(Cl)c([N+](=O)[O-])c2)cc1. The number of carboxylic acids is 1. The lowest BCUT2D eigenvalue weighted by Gasteiger charge is -2.03. The molecule has 0 saturated carbocycles. The first kappa shape index (κ1) is 14.4. The summed E-state index contributed by atoms with van der Waals surface area (Å²) in [7, 11) is 0. The summed E-state index contributed by atoms with van der Waals surface area (Å²) in [5, 5.41) is 19.7. The Bertz CT molecular complexity index is 673. The van der Waals surface area contributed by atoms with Crippen LogP contribution in [0.2, 0.25) is 5.02 Å². The highest BCUT2D eigenvalue weighted by atomic mass is 35.5. The number of nitrogens with zero attached hydrogens (tertiary/aromatic N) is 1. The number of hydrogen-bond acceptors (Lipinski definition) is 4. The normalized spacial score (nSPS) is 10.2. The largest absolute Gasteiger partial charge is 0.478 e. The third kappa shape index (κ3) is 3.28. The van der Waals surface area contributed by atoms with Gasteiger partial charge in [0.25, 0.3) is 5.69 Å². The van der Waals surface area contributed by atoms with Crippen molar-refractivity contribution in [2.24, 2.45) is 0 Å². The van der Waals surface area contributed by atoms with Crippen molar-refractivity contribution < 1.29 is 14.8 Å². The summed E-state index contributed by atoms with van der Waals surface area (Å²) in [6, 6.07) is 10.8. The van der Waals surface area contributed by atoms with E-state index in [-0.39, 0.29) is 16.3 Å². The lowest BCUT2D eigenvalue weighted by atomic mass is 10.2. The molecule has 0 atom stereocenters. The van der Waals surface area contributed by atoms with Crippen molar-refractivity contribution >= 4 is 35.0 Å². The Morgan fingerprint density at radius 3 is 2.30 bits per heavy atom. The van der Waals surface area contributed by atoms with E-state index in [1.54, 1.807) is 18.2 Å². The van der Waals surface area contributed by atoms with Crippen LogP contribution in [0.15, 0.2) is 52.3 Å². The third-order valence-electron chi connectivity index (χ3n) is 2.45.